The Morgan fingerprint density at radius 2 is 1.88 bits per heavy atom. The van der Waals surface area contributed by atoms with Crippen LogP contribution >= 0.6 is 0 Å². The minimum atomic E-state index is -3.33. The van der Waals surface area contributed by atoms with Crippen molar-refractivity contribution in [2.24, 2.45) is 5.92 Å². The first-order chi connectivity index (χ1) is 12.4. The van der Waals surface area contributed by atoms with E-state index in [0.717, 1.165) is 37.2 Å². The Balaban J connectivity index is 1.64. The summed E-state index contributed by atoms with van der Waals surface area (Å²) in [6.45, 7) is 3.04. The van der Waals surface area contributed by atoms with E-state index in [1.54, 1.807) is 25.5 Å². The van der Waals surface area contributed by atoms with E-state index >= 15 is 0 Å². The summed E-state index contributed by atoms with van der Waals surface area (Å²) in [5, 5.41) is 0. The first-order valence-electron chi connectivity index (χ1n) is 9.12. The molecule has 0 saturated carbocycles. The van der Waals surface area contributed by atoms with Crippen LogP contribution in [0.25, 0.3) is 6.08 Å². The summed E-state index contributed by atoms with van der Waals surface area (Å²) >= 11 is 0. The van der Waals surface area contributed by atoms with Crippen LogP contribution < -0.4 is 4.74 Å². The highest BCUT2D eigenvalue weighted by Gasteiger charge is 2.39. The van der Waals surface area contributed by atoms with E-state index in [1.165, 1.54) is 4.31 Å². The monoisotopic (exact) mass is 379 g/mol. The van der Waals surface area contributed by atoms with E-state index in [9.17, 15) is 8.42 Å². The second kappa shape index (κ2) is 8.08. The van der Waals surface area contributed by atoms with Gasteiger partial charge in [-0.25, -0.2) is 0 Å². The molecule has 2 bridgehead atoms. The van der Waals surface area contributed by atoms with Gasteiger partial charge in [0.2, 0.25) is 0 Å². The molecule has 4 rings (SSSR count). The fourth-order valence-electron chi connectivity index (χ4n) is 3.82. The van der Waals surface area contributed by atoms with E-state index in [0.29, 0.717) is 25.0 Å². The second-order valence-corrected chi connectivity index (χ2v) is 9.48. The van der Waals surface area contributed by atoms with Gasteiger partial charge in [-0.3, -0.25) is 4.90 Å². The molecule has 6 nitrogen and oxygen atoms in total. The molecule has 0 amide bonds. The molecule has 1 aromatic rings. The Morgan fingerprint density at radius 3 is 2.54 bits per heavy atom. The summed E-state index contributed by atoms with van der Waals surface area (Å²) in [4.78, 5) is 2.43. The smallest absolute Gasteiger partial charge is 0.281 e. The average molecular weight is 380 g/mol. The van der Waals surface area contributed by atoms with Crippen LogP contribution in [0.1, 0.15) is 18.4 Å². The number of hydrogen-bond donors (Lipinski definition) is 0. The second-order valence-electron chi connectivity index (χ2n) is 7.33. The predicted octanol–water partition coefficient (Wildman–Crippen LogP) is 1.91. The minimum Gasteiger partial charge on any atom is -0.497 e. The van der Waals surface area contributed by atoms with Crippen molar-refractivity contribution in [3.8, 4) is 5.75 Å². The lowest BCUT2D eigenvalue weighted by atomic mass is 9.95. The highest BCUT2D eigenvalue weighted by atomic mass is 32.2. The third-order valence-electron chi connectivity index (χ3n) is 5.35. The molecule has 3 aliphatic heterocycles. The van der Waals surface area contributed by atoms with E-state index in [4.69, 9.17) is 4.74 Å². The normalized spacial score (nSPS) is 25.1. The van der Waals surface area contributed by atoms with E-state index < -0.39 is 10.2 Å². The highest BCUT2D eigenvalue weighted by Crippen LogP contribution is 2.29. The van der Waals surface area contributed by atoms with Gasteiger partial charge in [-0.2, -0.15) is 17.0 Å². The third-order valence-corrected chi connectivity index (χ3v) is 7.22. The van der Waals surface area contributed by atoms with Crippen LogP contribution in [0.5, 0.6) is 5.75 Å². The minimum absolute atomic E-state index is 0.295. The molecule has 3 fully saturated rings. The number of hydrogen-bond acceptors (Lipinski definition) is 4. The maximum absolute atomic E-state index is 12.5. The van der Waals surface area contributed by atoms with Gasteiger partial charge in [0.15, 0.2) is 0 Å². The summed E-state index contributed by atoms with van der Waals surface area (Å²) in [6.07, 6.45) is 6.48. The van der Waals surface area contributed by atoms with E-state index in [-0.39, 0.29) is 0 Å². The van der Waals surface area contributed by atoms with Crippen molar-refractivity contribution in [1.82, 2.24) is 13.5 Å². The van der Waals surface area contributed by atoms with Crippen LogP contribution in [-0.2, 0) is 10.2 Å². The SMILES string of the molecule is COc1ccc(/C=C/CN2C[C@@H]3CC[C@H]2CN(S(=O)(=O)N(C)C)C3)cc1. The zero-order valence-electron chi connectivity index (χ0n) is 15.8. The van der Waals surface area contributed by atoms with Gasteiger partial charge in [0.25, 0.3) is 10.2 Å². The number of piperidine rings is 1. The Bertz CT molecular complexity index is 731. The molecule has 0 unspecified atom stereocenters. The number of methoxy groups -OCH3 is 1. The molecule has 0 aliphatic carbocycles. The van der Waals surface area contributed by atoms with Gasteiger partial charge in [-0.05, 0) is 36.5 Å². The largest absolute Gasteiger partial charge is 0.497 e. The van der Waals surface area contributed by atoms with Crippen LogP contribution in [0.4, 0.5) is 0 Å². The first-order valence-corrected chi connectivity index (χ1v) is 10.5. The van der Waals surface area contributed by atoms with Crippen molar-refractivity contribution in [3.63, 3.8) is 0 Å². The van der Waals surface area contributed by atoms with Crippen molar-refractivity contribution in [2.45, 2.75) is 18.9 Å². The average Bonchev–Trinajstić information content (AvgIpc) is 2.95. The van der Waals surface area contributed by atoms with E-state index in [2.05, 4.69) is 17.1 Å². The van der Waals surface area contributed by atoms with Gasteiger partial charge in [-0.15, -0.1) is 0 Å². The third kappa shape index (κ3) is 4.28. The summed E-state index contributed by atoms with van der Waals surface area (Å²) in [5.74, 6) is 1.27. The molecule has 1 aromatic carbocycles. The van der Waals surface area contributed by atoms with Crippen molar-refractivity contribution < 1.29 is 13.2 Å². The zero-order chi connectivity index (χ0) is 18.7. The van der Waals surface area contributed by atoms with Crippen molar-refractivity contribution in [2.75, 3.05) is 47.4 Å². The molecule has 3 heterocycles. The molecule has 0 N–H and O–H groups in total. The van der Waals surface area contributed by atoms with Gasteiger partial charge in [0.1, 0.15) is 5.75 Å². The lowest BCUT2D eigenvalue weighted by Gasteiger charge is -2.35. The van der Waals surface area contributed by atoms with Crippen molar-refractivity contribution >= 4 is 16.3 Å². The first kappa shape index (κ1) is 19.4. The fraction of sp³-hybridized carbons (Fsp3) is 0.579. The van der Waals surface area contributed by atoms with Gasteiger partial charge in [0.05, 0.1) is 7.11 Å². The Kier molecular flexibility index (Phi) is 6.02. The van der Waals surface area contributed by atoms with Crippen LogP contribution in [0.3, 0.4) is 0 Å². The molecule has 3 saturated heterocycles. The summed E-state index contributed by atoms with van der Waals surface area (Å²) in [5.41, 5.74) is 1.14. The zero-order valence-corrected chi connectivity index (χ0v) is 16.7. The summed E-state index contributed by atoms with van der Waals surface area (Å²) < 4.78 is 33.2. The molecule has 2 atom stereocenters. The molecule has 144 valence electrons. The van der Waals surface area contributed by atoms with Crippen LogP contribution in [0.2, 0.25) is 0 Å². The molecule has 0 radical (unpaired) electrons. The van der Waals surface area contributed by atoms with Gasteiger partial charge in [-0.1, -0.05) is 24.3 Å². The molecule has 3 aliphatic rings. The van der Waals surface area contributed by atoms with E-state index in [1.807, 2.05) is 24.3 Å². The molecule has 26 heavy (non-hydrogen) atoms. The quantitative estimate of drug-likeness (QED) is 0.758. The number of nitrogens with zero attached hydrogens (tertiary/aromatic N) is 3. The molecular formula is C19H29N3O3S. The number of benzene rings is 1. The summed E-state index contributed by atoms with van der Waals surface area (Å²) in [7, 11) is 1.55. The number of rotatable bonds is 6. The Hall–Kier alpha value is -1.41. The topological polar surface area (TPSA) is 53.1 Å². The molecule has 7 heteroatoms. The number of ether oxygens (including phenoxy) is 1. The maximum Gasteiger partial charge on any atom is 0.281 e. The maximum atomic E-state index is 12.5. The fourth-order valence-corrected chi connectivity index (χ4v) is 5.04. The Labute approximate surface area is 157 Å². The lowest BCUT2D eigenvalue weighted by Crippen LogP contribution is -2.46. The number of fused-ring (bicyclic) bond motifs is 4. The highest BCUT2D eigenvalue weighted by molar-refractivity contribution is 7.86. The lowest BCUT2D eigenvalue weighted by molar-refractivity contribution is 0.149. The molecule has 0 spiro atoms. The van der Waals surface area contributed by atoms with Crippen molar-refractivity contribution in [3.05, 3.63) is 35.9 Å². The van der Waals surface area contributed by atoms with Crippen LogP contribution in [0.15, 0.2) is 30.3 Å². The van der Waals surface area contributed by atoms with Gasteiger partial charge >= 0.3 is 0 Å². The Morgan fingerprint density at radius 1 is 1.15 bits per heavy atom. The molecule has 0 aromatic heterocycles. The molecular weight excluding hydrogens is 350 g/mol. The van der Waals surface area contributed by atoms with Crippen LogP contribution in [0, 0.1) is 5.92 Å². The predicted molar refractivity (Wildman–Crippen MR) is 104 cm³/mol. The van der Waals surface area contributed by atoms with Gasteiger partial charge < -0.3 is 4.74 Å². The van der Waals surface area contributed by atoms with Crippen LogP contribution in [-0.4, -0.2) is 75.4 Å². The van der Waals surface area contributed by atoms with Crippen molar-refractivity contribution in [1.29, 1.82) is 0 Å². The van der Waals surface area contributed by atoms with Gasteiger partial charge in [0, 0.05) is 46.3 Å². The standard InChI is InChI=1S/C19H29N3O3S/c1-20(2)26(23,24)22-14-17-6-9-18(15-22)21(13-17)12-4-5-16-7-10-19(25-3)11-8-16/h4-5,7-8,10-11,17-18H,6,9,12-15H2,1-3H3/b5-4+/t17-,18-/m0/s1. The summed E-state index contributed by atoms with van der Waals surface area (Å²) in [6, 6.07) is 8.28.